The standard InChI is InChI=1S/C26H20N4O6/c31-25(20-8-2-1-3-9-20)28-21(15-18-12-13-23-24(16-18)36-17-35-23)26(32)29-27-14-6-10-19-7-4-5-11-22(19)30(33)34/h1-16H,17H2,(H,28,31)(H,29,32). The van der Waals surface area contributed by atoms with Crippen LogP contribution in [0.1, 0.15) is 21.5 Å². The van der Waals surface area contributed by atoms with Gasteiger partial charge in [-0.3, -0.25) is 19.7 Å². The molecule has 180 valence electrons. The Morgan fingerprint density at radius 2 is 1.72 bits per heavy atom. The molecule has 0 bridgehead atoms. The number of carbonyl (C=O) groups excluding carboxylic acids is 2. The van der Waals surface area contributed by atoms with Gasteiger partial charge in [0.05, 0.1) is 10.5 Å². The number of hydrogen-bond acceptors (Lipinski definition) is 7. The lowest BCUT2D eigenvalue weighted by Gasteiger charge is -2.09. The Kier molecular flexibility index (Phi) is 7.47. The van der Waals surface area contributed by atoms with Gasteiger partial charge in [-0.2, -0.15) is 5.10 Å². The normalized spacial score (nSPS) is 12.6. The summed E-state index contributed by atoms with van der Waals surface area (Å²) in [5.41, 5.74) is 3.59. The van der Waals surface area contributed by atoms with Crippen molar-refractivity contribution in [3.63, 3.8) is 0 Å². The van der Waals surface area contributed by atoms with Crippen molar-refractivity contribution in [3.05, 3.63) is 111 Å². The first-order valence-corrected chi connectivity index (χ1v) is 10.7. The third-order valence-electron chi connectivity index (χ3n) is 4.97. The van der Waals surface area contributed by atoms with E-state index in [1.165, 1.54) is 30.5 Å². The highest BCUT2D eigenvalue weighted by molar-refractivity contribution is 6.05. The van der Waals surface area contributed by atoms with Gasteiger partial charge in [0.25, 0.3) is 17.5 Å². The first-order valence-electron chi connectivity index (χ1n) is 10.7. The van der Waals surface area contributed by atoms with Crippen molar-refractivity contribution in [2.24, 2.45) is 5.10 Å². The van der Waals surface area contributed by atoms with E-state index in [1.807, 2.05) is 0 Å². The highest BCUT2D eigenvalue weighted by Crippen LogP contribution is 2.33. The summed E-state index contributed by atoms with van der Waals surface area (Å²) in [6, 6.07) is 19.8. The molecule has 0 atom stereocenters. The van der Waals surface area contributed by atoms with Gasteiger partial charge in [0, 0.05) is 17.8 Å². The van der Waals surface area contributed by atoms with Crippen molar-refractivity contribution in [2.45, 2.75) is 0 Å². The molecule has 2 N–H and O–H groups in total. The third kappa shape index (κ3) is 6.00. The van der Waals surface area contributed by atoms with Gasteiger partial charge in [0.1, 0.15) is 5.70 Å². The summed E-state index contributed by atoms with van der Waals surface area (Å²) >= 11 is 0. The number of hydrazone groups is 1. The Labute approximate surface area is 205 Å². The van der Waals surface area contributed by atoms with Gasteiger partial charge in [0.15, 0.2) is 11.5 Å². The van der Waals surface area contributed by atoms with E-state index in [-0.39, 0.29) is 18.2 Å². The van der Waals surface area contributed by atoms with Crippen LogP contribution < -0.4 is 20.2 Å². The second-order valence-electron chi connectivity index (χ2n) is 7.39. The summed E-state index contributed by atoms with van der Waals surface area (Å²) in [6.07, 6.45) is 5.70. The van der Waals surface area contributed by atoms with E-state index in [2.05, 4.69) is 15.8 Å². The molecule has 1 aliphatic rings. The minimum absolute atomic E-state index is 0.0521. The Balaban J connectivity index is 1.50. The second-order valence-corrected chi connectivity index (χ2v) is 7.39. The molecule has 10 heteroatoms. The van der Waals surface area contributed by atoms with E-state index >= 15 is 0 Å². The van der Waals surface area contributed by atoms with Crippen LogP contribution >= 0.6 is 0 Å². The Bertz CT molecular complexity index is 1380. The van der Waals surface area contributed by atoms with Gasteiger partial charge in [-0.05, 0) is 54.1 Å². The predicted molar refractivity (Wildman–Crippen MR) is 133 cm³/mol. The highest BCUT2D eigenvalue weighted by atomic mass is 16.7. The average Bonchev–Trinajstić information content (AvgIpc) is 3.36. The molecule has 3 aromatic carbocycles. The van der Waals surface area contributed by atoms with Gasteiger partial charge in [-0.25, -0.2) is 5.43 Å². The van der Waals surface area contributed by atoms with E-state index in [9.17, 15) is 19.7 Å². The zero-order chi connectivity index (χ0) is 25.3. The molecule has 0 unspecified atom stereocenters. The van der Waals surface area contributed by atoms with Gasteiger partial charge < -0.3 is 14.8 Å². The lowest BCUT2D eigenvalue weighted by molar-refractivity contribution is -0.385. The number of carbonyl (C=O) groups is 2. The molecule has 3 aromatic rings. The third-order valence-corrected chi connectivity index (χ3v) is 4.97. The summed E-state index contributed by atoms with van der Waals surface area (Å²) in [4.78, 5) is 36.1. The minimum atomic E-state index is -0.674. The second kappa shape index (κ2) is 11.3. The molecule has 36 heavy (non-hydrogen) atoms. The van der Waals surface area contributed by atoms with E-state index in [0.717, 1.165) is 0 Å². The topological polar surface area (TPSA) is 132 Å². The molecular formula is C26H20N4O6. The molecule has 2 amide bonds. The van der Waals surface area contributed by atoms with Crippen LogP contribution in [0.4, 0.5) is 5.69 Å². The van der Waals surface area contributed by atoms with Crippen LogP contribution in [-0.2, 0) is 4.79 Å². The van der Waals surface area contributed by atoms with Crippen molar-refractivity contribution in [2.75, 3.05) is 6.79 Å². The number of nitro groups is 1. The van der Waals surface area contributed by atoms with Gasteiger partial charge in [-0.1, -0.05) is 36.4 Å². The van der Waals surface area contributed by atoms with Crippen LogP contribution in [0.15, 0.2) is 89.7 Å². The maximum Gasteiger partial charge on any atom is 0.287 e. The molecule has 0 saturated heterocycles. The molecule has 10 nitrogen and oxygen atoms in total. The fourth-order valence-corrected chi connectivity index (χ4v) is 3.25. The molecule has 0 saturated carbocycles. The molecule has 1 heterocycles. The molecule has 0 aliphatic carbocycles. The minimum Gasteiger partial charge on any atom is -0.454 e. The van der Waals surface area contributed by atoms with Crippen LogP contribution in [0.5, 0.6) is 11.5 Å². The van der Waals surface area contributed by atoms with E-state index in [4.69, 9.17) is 9.47 Å². The number of benzene rings is 3. The van der Waals surface area contributed by atoms with Gasteiger partial charge in [0.2, 0.25) is 6.79 Å². The van der Waals surface area contributed by atoms with Crippen LogP contribution in [0.25, 0.3) is 12.2 Å². The van der Waals surface area contributed by atoms with Crippen LogP contribution in [0.2, 0.25) is 0 Å². The number of nitro benzene ring substituents is 1. The molecule has 0 fully saturated rings. The summed E-state index contributed by atoms with van der Waals surface area (Å²) in [7, 11) is 0. The molecule has 4 rings (SSSR count). The first-order chi connectivity index (χ1) is 17.5. The molecule has 0 aromatic heterocycles. The fraction of sp³-hybridized carbons (Fsp3) is 0.0385. The monoisotopic (exact) mass is 484 g/mol. The van der Waals surface area contributed by atoms with Crippen LogP contribution in [-0.4, -0.2) is 29.7 Å². The molecular weight excluding hydrogens is 464 g/mol. The first kappa shape index (κ1) is 23.9. The Morgan fingerprint density at radius 3 is 2.53 bits per heavy atom. The van der Waals surface area contributed by atoms with E-state index in [0.29, 0.717) is 28.2 Å². The quantitative estimate of drug-likeness (QED) is 0.216. The van der Waals surface area contributed by atoms with Crippen molar-refractivity contribution in [1.82, 2.24) is 10.7 Å². The Morgan fingerprint density at radius 1 is 0.972 bits per heavy atom. The van der Waals surface area contributed by atoms with Gasteiger partial charge in [-0.15, -0.1) is 0 Å². The number of rotatable bonds is 8. The van der Waals surface area contributed by atoms with Gasteiger partial charge >= 0.3 is 0 Å². The van der Waals surface area contributed by atoms with E-state index in [1.54, 1.807) is 66.7 Å². The Hall–Kier alpha value is -5.25. The van der Waals surface area contributed by atoms with Crippen LogP contribution in [0, 0.1) is 10.1 Å². The van der Waals surface area contributed by atoms with Crippen molar-refractivity contribution < 1.29 is 24.0 Å². The van der Waals surface area contributed by atoms with Crippen molar-refractivity contribution in [3.8, 4) is 11.5 Å². The summed E-state index contributed by atoms with van der Waals surface area (Å²) < 4.78 is 10.7. The number of nitrogens with one attached hydrogen (secondary N) is 2. The number of nitrogens with zero attached hydrogens (tertiary/aromatic N) is 2. The number of hydrogen-bond donors (Lipinski definition) is 2. The average molecular weight is 484 g/mol. The predicted octanol–water partition coefficient (Wildman–Crippen LogP) is 3.91. The number of allylic oxidation sites excluding steroid dienone is 1. The number of fused-ring (bicyclic) bond motifs is 1. The lowest BCUT2D eigenvalue weighted by Crippen LogP contribution is -2.32. The maximum absolute atomic E-state index is 12.8. The highest BCUT2D eigenvalue weighted by Gasteiger charge is 2.17. The SMILES string of the molecule is O=C(NN=CC=Cc1ccccc1[N+](=O)[O-])C(=Cc1ccc2c(c1)OCO2)NC(=O)c1ccccc1. The van der Waals surface area contributed by atoms with Crippen molar-refractivity contribution in [1.29, 1.82) is 0 Å². The molecule has 0 radical (unpaired) electrons. The zero-order valence-corrected chi connectivity index (χ0v) is 18.8. The van der Waals surface area contributed by atoms with Crippen molar-refractivity contribution >= 4 is 35.9 Å². The number of ether oxygens (including phenoxy) is 2. The molecule has 1 aliphatic heterocycles. The number of amides is 2. The molecule has 0 spiro atoms. The fourth-order valence-electron chi connectivity index (χ4n) is 3.25. The smallest absolute Gasteiger partial charge is 0.287 e. The largest absolute Gasteiger partial charge is 0.454 e. The number of para-hydroxylation sites is 1. The van der Waals surface area contributed by atoms with E-state index < -0.39 is 16.7 Å². The summed E-state index contributed by atoms with van der Waals surface area (Å²) in [6.45, 7) is 0.106. The maximum atomic E-state index is 12.8. The lowest BCUT2D eigenvalue weighted by atomic mass is 10.1. The van der Waals surface area contributed by atoms with Crippen LogP contribution in [0.3, 0.4) is 0 Å². The summed E-state index contributed by atoms with van der Waals surface area (Å²) in [5.74, 6) is -0.0390. The zero-order valence-electron chi connectivity index (χ0n) is 18.8. The summed E-state index contributed by atoms with van der Waals surface area (Å²) in [5, 5.41) is 17.6.